The molecule has 0 saturated carbocycles. The number of piperidine rings is 1. The second kappa shape index (κ2) is 6.19. The number of carboxylic acid groups (broad SMARTS) is 1. The largest absolute Gasteiger partial charge is 0.481 e. The maximum absolute atomic E-state index is 10.7. The molecule has 1 aliphatic rings. The van der Waals surface area contributed by atoms with E-state index in [1.807, 2.05) is 12.1 Å². The molecule has 0 spiro atoms. The Hall–Kier alpha value is -2.09. The van der Waals surface area contributed by atoms with Gasteiger partial charge >= 0.3 is 5.97 Å². The molecule has 0 amide bonds. The molecule has 1 N–H and O–H groups in total. The van der Waals surface area contributed by atoms with Gasteiger partial charge < -0.3 is 10.0 Å². The summed E-state index contributed by atoms with van der Waals surface area (Å²) in [5, 5.41) is 17.9. The lowest BCUT2D eigenvalue weighted by molar-refractivity contribution is -0.137. The first-order chi connectivity index (χ1) is 9.22. The van der Waals surface area contributed by atoms with Gasteiger partial charge in [-0.2, -0.15) is 5.26 Å². The first-order valence-corrected chi connectivity index (χ1v) is 6.56. The third-order valence-electron chi connectivity index (χ3n) is 3.52. The highest BCUT2D eigenvalue weighted by Crippen LogP contribution is 2.28. The van der Waals surface area contributed by atoms with Crippen molar-refractivity contribution < 1.29 is 9.90 Å². The van der Waals surface area contributed by atoms with E-state index in [1.165, 1.54) is 0 Å². The van der Waals surface area contributed by atoms with Crippen LogP contribution in [0.3, 0.4) is 0 Å². The lowest BCUT2D eigenvalue weighted by Gasteiger charge is -2.37. The molecule has 1 unspecified atom stereocenters. The normalized spacial score (nSPS) is 18.9. The molecule has 100 valence electrons. The van der Waals surface area contributed by atoms with Crippen molar-refractivity contribution in [2.75, 3.05) is 11.4 Å². The van der Waals surface area contributed by atoms with Crippen LogP contribution in [0.5, 0.6) is 0 Å². The predicted octanol–water partition coefficient (Wildman–Crippen LogP) is 2.18. The molecule has 1 fully saturated rings. The Labute approximate surface area is 112 Å². The minimum Gasteiger partial charge on any atom is -0.481 e. The fourth-order valence-electron chi connectivity index (χ4n) is 2.62. The van der Waals surface area contributed by atoms with Crippen LogP contribution in [0.25, 0.3) is 0 Å². The van der Waals surface area contributed by atoms with E-state index in [4.69, 9.17) is 10.4 Å². The van der Waals surface area contributed by atoms with Crippen LogP contribution in [0.4, 0.5) is 5.69 Å². The highest BCUT2D eigenvalue weighted by Gasteiger charge is 2.25. The molecule has 1 aliphatic heterocycles. The standard InChI is InChI=1S/C14H17N3O2/c15-10-12-13(5-3-8-16-12)17-9-2-1-4-11(17)6-7-14(18)19/h3,5,8,11H,1-2,4,6-7,9H2,(H,18,19). The Balaban J connectivity index is 2.19. The smallest absolute Gasteiger partial charge is 0.303 e. The van der Waals surface area contributed by atoms with Crippen molar-refractivity contribution in [3.8, 4) is 6.07 Å². The average Bonchev–Trinajstić information content (AvgIpc) is 2.45. The Bertz CT molecular complexity index is 496. The summed E-state index contributed by atoms with van der Waals surface area (Å²) in [4.78, 5) is 17.0. The van der Waals surface area contributed by atoms with Crippen LogP contribution >= 0.6 is 0 Å². The van der Waals surface area contributed by atoms with E-state index in [0.717, 1.165) is 31.5 Å². The number of pyridine rings is 1. The van der Waals surface area contributed by atoms with Crippen molar-refractivity contribution in [2.24, 2.45) is 0 Å². The number of rotatable bonds is 4. The van der Waals surface area contributed by atoms with E-state index in [2.05, 4.69) is 16.0 Å². The van der Waals surface area contributed by atoms with Crippen LogP contribution in [0.1, 0.15) is 37.8 Å². The minimum absolute atomic E-state index is 0.170. The highest BCUT2D eigenvalue weighted by atomic mass is 16.4. The van der Waals surface area contributed by atoms with Gasteiger partial charge in [-0.1, -0.05) is 0 Å². The zero-order chi connectivity index (χ0) is 13.7. The van der Waals surface area contributed by atoms with Crippen molar-refractivity contribution in [1.82, 2.24) is 4.98 Å². The minimum atomic E-state index is -0.766. The molecule has 0 bridgehead atoms. The van der Waals surface area contributed by atoms with Gasteiger partial charge in [-0.3, -0.25) is 4.79 Å². The molecule has 1 atom stereocenters. The molecular weight excluding hydrogens is 242 g/mol. The van der Waals surface area contributed by atoms with Crippen molar-refractivity contribution in [1.29, 1.82) is 5.26 Å². The van der Waals surface area contributed by atoms with Crippen molar-refractivity contribution in [2.45, 2.75) is 38.1 Å². The van der Waals surface area contributed by atoms with Crippen LogP contribution < -0.4 is 4.90 Å². The van der Waals surface area contributed by atoms with E-state index in [9.17, 15) is 4.79 Å². The summed E-state index contributed by atoms with van der Waals surface area (Å²) in [6.45, 7) is 0.866. The van der Waals surface area contributed by atoms with Crippen molar-refractivity contribution >= 4 is 11.7 Å². The predicted molar refractivity (Wildman–Crippen MR) is 70.8 cm³/mol. The topological polar surface area (TPSA) is 77.2 Å². The molecule has 2 rings (SSSR count). The SMILES string of the molecule is N#Cc1ncccc1N1CCCCC1CCC(=O)O. The number of carbonyl (C=O) groups is 1. The van der Waals surface area contributed by atoms with Crippen LogP contribution in [-0.2, 0) is 4.79 Å². The molecule has 19 heavy (non-hydrogen) atoms. The Morgan fingerprint density at radius 1 is 1.58 bits per heavy atom. The molecule has 1 saturated heterocycles. The number of hydrogen-bond donors (Lipinski definition) is 1. The Morgan fingerprint density at radius 3 is 3.16 bits per heavy atom. The molecule has 1 aromatic rings. The average molecular weight is 259 g/mol. The first kappa shape index (κ1) is 13.3. The summed E-state index contributed by atoms with van der Waals surface area (Å²) in [6, 6.07) is 6.02. The maximum atomic E-state index is 10.7. The summed E-state index contributed by atoms with van der Waals surface area (Å²) in [7, 11) is 0. The molecule has 0 aliphatic carbocycles. The third-order valence-corrected chi connectivity index (χ3v) is 3.52. The molecule has 1 aromatic heterocycles. The fourth-order valence-corrected chi connectivity index (χ4v) is 2.62. The van der Waals surface area contributed by atoms with E-state index in [-0.39, 0.29) is 12.5 Å². The monoisotopic (exact) mass is 259 g/mol. The third kappa shape index (κ3) is 3.22. The summed E-state index contributed by atoms with van der Waals surface area (Å²) in [6.07, 6.45) is 5.57. The molecule has 5 heteroatoms. The van der Waals surface area contributed by atoms with Gasteiger partial charge in [-0.15, -0.1) is 0 Å². The molecular formula is C14H17N3O2. The second-order valence-corrected chi connectivity index (χ2v) is 4.76. The first-order valence-electron chi connectivity index (χ1n) is 6.56. The number of carboxylic acids is 1. The number of nitrogens with zero attached hydrogens (tertiary/aromatic N) is 3. The summed E-state index contributed by atoms with van der Waals surface area (Å²) in [5.74, 6) is -0.766. The van der Waals surface area contributed by atoms with E-state index in [0.29, 0.717) is 12.1 Å². The lowest BCUT2D eigenvalue weighted by atomic mass is 9.97. The highest BCUT2D eigenvalue weighted by molar-refractivity contribution is 5.67. The van der Waals surface area contributed by atoms with Gasteiger partial charge in [0.15, 0.2) is 5.69 Å². The Kier molecular flexibility index (Phi) is 4.35. The lowest BCUT2D eigenvalue weighted by Crippen LogP contribution is -2.40. The second-order valence-electron chi connectivity index (χ2n) is 4.76. The van der Waals surface area contributed by atoms with Crippen LogP contribution in [0, 0.1) is 11.3 Å². The molecule has 0 radical (unpaired) electrons. The quantitative estimate of drug-likeness (QED) is 0.896. The van der Waals surface area contributed by atoms with Gasteiger partial charge in [0.25, 0.3) is 0 Å². The zero-order valence-electron chi connectivity index (χ0n) is 10.7. The number of hydrogen-bond acceptors (Lipinski definition) is 4. The molecule has 0 aromatic carbocycles. The van der Waals surface area contributed by atoms with Gasteiger partial charge in [0, 0.05) is 25.2 Å². The molecule has 2 heterocycles. The van der Waals surface area contributed by atoms with Crippen LogP contribution in [0.15, 0.2) is 18.3 Å². The van der Waals surface area contributed by atoms with E-state index < -0.39 is 5.97 Å². The zero-order valence-corrected chi connectivity index (χ0v) is 10.7. The Morgan fingerprint density at radius 2 is 2.42 bits per heavy atom. The van der Waals surface area contributed by atoms with Gasteiger partial charge in [-0.05, 0) is 37.8 Å². The van der Waals surface area contributed by atoms with Crippen LogP contribution in [0.2, 0.25) is 0 Å². The molecule has 5 nitrogen and oxygen atoms in total. The summed E-state index contributed by atoms with van der Waals surface area (Å²) >= 11 is 0. The van der Waals surface area contributed by atoms with E-state index in [1.54, 1.807) is 6.20 Å². The van der Waals surface area contributed by atoms with Gasteiger partial charge in [0.05, 0.1) is 5.69 Å². The number of nitriles is 1. The van der Waals surface area contributed by atoms with Gasteiger partial charge in [0.2, 0.25) is 0 Å². The summed E-state index contributed by atoms with van der Waals surface area (Å²) in [5.41, 5.74) is 1.25. The van der Waals surface area contributed by atoms with Crippen molar-refractivity contribution in [3.63, 3.8) is 0 Å². The summed E-state index contributed by atoms with van der Waals surface area (Å²) < 4.78 is 0. The van der Waals surface area contributed by atoms with E-state index >= 15 is 0 Å². The number of anilines is 1. The fraction of sp³-hybridized carbons (Fsp3) is 0.500. The number of aromatic nitrogens is 1. The van der Waals surface area contributed by atoms with Gasteiger partial charge in [0.1, 0.15) is 6.07 Å². The maximum Gasteiger partial charge on any atom is 0.303 e. The van der Waals surface area contributed by atoms with Crippen LogP contribution in [-0.4, -0.2) is 28.6 Å². The number of aliphatic carboxylic acids is 1. The van der Waals surface area contributed by atoms with Crippen molar-refractivity contribution in [3.05, 3.63) is 24.0 Å². The van der Waals surface area contributed by atoms with Gasteiger partial charge in [-0.25, -0.2) is 4.98 Å².